The van der Waals surface area contributed by atoms with Crippen molar-refractivity contribution < 1.29 is 9.59 Å². The lowest BCUT2D eigenvalue weighted by molar-refractivity contribution is -0.121. The number of carbonyl (C=O) groups is 2. The van der Waals surface area contributed by atoms with E-state index in [2.05, 4.69) is 11.9 Å². The summed E-state index contributed by atoms with van der Waals surface area (Å²) in [6, 6.07) is 1.90. The van der Waals surface area contributed by atoms with E-state index >= 15 is 0 Å². The molecular formula is C22H28N2O2S2. The Labute approximate surface area is 175 Å². The van der Waals surface area contributed by atoms with Crippen molar-refractivity contribution in [1.82, 2.24) is 4.90 Å². The Balaban J connectivity index is 1.19. The summed E-state index contributed by atoms with van der Waals surface area (Å²) in [4.78, 5) is 31.9. The number of rotatable bonds is 4. The lowest BCUT2D eigenvalue weighted by Crippen LogP contribution is -2.46. The largest absolute Gasteiger partial charge is 0.339 e. The van der Waals surface area contributed by atoms with Crippen LogP contribution in [-0.4, -0.2) is 39.6 Å². The van der Waals surface area contributed by atoms with Gasteiger partial charge in [0.25, 0.3) is 11.8 Å². The third-order valence-electron chi connectivity index (χ3n) is 7.63. The normalized spacial score (nSPS) is 35.6. The van der Waals surface area contributed by atoms with E-state index in [1.54, 1.807) is 23.1 Å². The number of nitrogens with zero attached hydrogens (tertiary/aromatic N) is 2. The summed E-state index contributed by atoms with van der Waals surface area (Å²) < 4.78 is -0.426. The summed E-state index contributed by atoms with van der Waals surface area (Å²) >= 11 is 3.31. The van der Waals surface area contributed by atoms with Gasteiger partial charge in [0.2, 0.25) is 0 Å². The summed E-state index contributed by atoms with van der Waals surface area (Å²) in [5.74, 6) is 3.07. The van der Waals surface area contributed by atoms with Crippen molar-refractivity contribution >= 4 is 40.0 Å². The highest BCUT2D eigenvalue weighted by Gasteiger charge is 2.49. The monoisotopic (exact) mass is 416 g/mol. The second-order valence-corrected chi connectivity index (χ2v) is 11.5. The number of carbonyl (C=O) groups excluding carboxylic acids is 2. The average Bonchev–Trinajstić information content (AvgIpc) is 3.48. The fourth-order valence-electron chi connectivity index (χ4n) is 5.93. The minimum Gasteiger partial charge on any atom is -0.339 e. The Morgan fingerprint density at radius 2 is 2.07 bits per heavy atom. The highest BCUT2D eigenvalue weighted by molar-refractivity contribution is 8.16. The van der Waals surface area contributed by atoms with Crippen LogP contribution in [-0.2, 0) is 4.79 Å². The Hall–Kier alpha value is -1.14. The topological polar surface area (TPSA) is 49.7 Å². The van der Waals surface area contributed by atoms with Gasteiger partial charge in [-0.1, -0.05) is 18.2 Å². The van der Waals surface area contributed by atoms with Crippen molar-refractivity contribution in [3.05, 3.63) is 22.4 Å². The number of piperidine rings is 1. The molecule has 2 amide bonds. The highest BCUT2D eigenvalue weighted by atomic mass is 32.2. The maximum Gasteiger partial charge on any atom is 0.263 e. The molecule has 2 aliphatic heterocycles. The Morgan fingerprint density at radius 3 is 2.71 bits per heavy atom. The third-order valence-corrected chi connectivity index (χ3v) is 9.74. The van der Waals surface area contributed by atoms with Crippen LogP contribution in [0, 0.1) is 23.7 Å². The van der Waals surface area contributed by atoms with Crippen molar-refractivity contribution in [2.45, 2.75) is 56.6 Å². The molecule has 4 nitrogen and oxygen atoms in total. The fraction of sp³-hybridized carbons (Fsp3) is 0.682. The second-order valence-electron chi connectivity index (χ2n) is 9.24. The molecule has 28 heavy (non-hydrogen) atoms. The molecule has 2 bridgehead atoms. The van der Waals surface area contributed by atoms with Crippen LogP contribution in [0.1, 0.15) is 62.2 Å². The van der Waals surface area contributed by atoms with E-state index in [0.717, 1.165) is 60.7 Å². The van der Waals surface area contributed by atoms with Crippen molar-refractivity contribution in [2.75, 3.05) is 13.1 Å². The Bertz CT molecular complexity index is 797. The van der Waals surface area contributed by atoms with Crippen LogP contribution in [0.4, 0.5) is 0 Å². The lowest BCUT2D eigenvalue weighted by Gasteiger charge is -2.38. The summed E-state index contributed by atoms with van der Waals surface area (Å²) in [6.45, 7) is 3.58. The first kappa shape index (κ1) is 18.9. The Morgan fingerprint density at radius 1 is 1.25 bits per heavy atom. The molecule has 2 saturated carbocycles. The van der Waals surface area contributed by atoms with Crippen LogP contribution in [0.3, 0.4) is 0 Å². The van der Waals surface area contributed by atoms with Crippen LogP contribution in [0.5, 0.6) is 0 Å². The maximum absolute atomic E-state index is 12.9. The van der Waals surface area contributed by atoms with E-state index in [4.69, 9.17) is 0 Å². The van der Waals surface area contributed by atoms with Crippen LogP contribution >= 0.6 is 23.1 Å². The average molecular weight is 417 g/mol. The van der Waals surface area contributed by atoms with E-state index in [1.807, 2.05) is 21.7 Å². The second kappa shape index (κ2) is 7.28. The molecule has 1 saturated heterocycles. The smallest absolute Gasteiger partial charge is 0.263 e. The lowest BCUT2D eigenvalue weighted by atomic mass is 9.84. The summed E-state index contributed by atoms with van der Waals surface area (Å²) in [7, 11) is 0. The predicted octanol–water partition coefficient (Wildman–Crippen LogP) is 4.86. The van der Waals surface area contributed by atoms with Crippen molar-refractivity contribution in [3.63, 3.8) is 0 Å². The zero-order valence-electron chi connectivity index (χ0n) is 16.4. The van der Waals surface area contributed by atoms with Gasteiger partial charge in [-0.25, -0.2) is 4.99 Å². The summed E-state index contributed by atoms with van der Waals surface area (Å²) in [5.41, 5.74) is 0.789. The molecule has 3 heterocycles. The molecule has 5 rings (SSSR count). The fourth-order valence-corrected chi connectivity index (χ4v) is 8.01. The van der Waals surface area contributed by atoms with E-state index in [0.29, 0.717) is 5.92 Å². The van der Waals surface area contributed by atoms with Gasteiger partial charge in [0.15, 0.2) is 0 Å². The summed E-state index contributed by atoms with van der Waals surface area (Å²) in [6.07, 6.45) is 8.35. The van der Waals surface area contributed by atoms with Gasteiger partial charge in [0.1, 0.15) is 4.75 Å². The molecule has 0 radical (unpaired) electrons. The van der Waals surface area contributed by atoms with Gasteiger partial charge in [-0.3, -0.25) is 9.59 Å². The van der Waals surface area contributed by atoms with Gasteiger partial charge >= 0.3 is 0 Å². The molecule has 2 aliphatic carbocycles. The molecular weight excluding hydrogens is 388 g/mol. The first-order chi connectivity index (χ1) is 13.5. The molecule has 0 N–H and O–H groups in total. The third kappa shape index (κ3) is 3.26. The molecule has 3 fully saturated rings. The number of likely N-dealkylation sites (tertiary alicyclic amines) is 1. The van der Waals surface area contributed by atoms with Crippen molar-refractivity contribution in [2.24, 2.45) is 28.7 Å². The van der Waals surface area contributed by atoms with E-state index in [1.165, 1.54) is 25.7 Å². The van der Waals surface area contributed by atoms with E-state index in [-0.39, 0.29) is 11.8 Å². The van der Waals surface area contributed by atoms with E-state index < -0.39 is 4.75 Å². The van der Waals surface area contributed by atoms with E-state index in [9.17, 15) is 9.59 Å². The van der Waals surface area contributed by atoms with Gasteiger partial charge in [0.05, 0.1) is 10.6 Å². The number of thiophene rings is 1. The summed E-state index contributed by atoms with van der Waals surface area (Å²) in [5, 5.41) is 4.95. The molecule has 150 valence electrons. The first-order valence-electron chi connectivity index (χ1n) is 10.7. The highest BCUT2D eigenvalue weighted by Crippen LogP contribution is 2.52. The molecule has 1 aromatic heterocycles. The zero-order chi connectivity index (χ0) is 19.3. The minimum atomic E-state index is -0.426. The van der Waals surface area contributed by atoms with Crippen LogP contribution in [0.25, 0.3) is 0 Å². The standard InChI is InChI=1S/C22H28N2O2S2/c1-22(18-4-7-24(8-5-18)20(25)16-6-9-27-13-16)21(26)23-19(28-22)12-17-11-14-2-3-15(17)10-14/h6,9,13-15,17-18H,2-5,7-8,10-12H2,1H3/t14-,15+,17-,22?/m1/s1. The van der Waals surface area contributed by atoms with Crippen molar-refractivity contribution in [3.8, 4) is 0 Å². The predicted molar refractivity (Wildman–Crippen MR) is 115 cm³/mol. The number of thioether (sulfide) groups is 1. The molecule has 0 spiro atoms. The van der Waals surface area contributed by atoms with Crippen LogP contribution in [0.15, 0.2) is 21.8 Å². The number of hydrogen-bond acceptors (Lipinski definition) is 4. The molecule has 4 aliphatic rings. The van der Waals surface area contributed by atoms with Gasteiger partial charge < -0.3 is 4.90 Å². The van der Waals surface area contributed by atoms with Gasteiger partial charge in [0, 0.05) is 18.5 Å². The molecule has 6 heteroatoms. The van der Waals surface area contributed by atoms with Gasteiger partial charge in [-0.15, -0.1) is 0 Å². The SMILES string of the molecule is CC1(C2CCN(C(=O)c3ccsc3)CC2)SC(C[C@H]2C[C@@H]3CC[C@H]2C3)=NC1=O. The van der Waals surface area contributed by atoms with Crippen LogP contribution in [0.2, 0.25) is 0 Å². The molecule has 1 unspecified atom stereocenters. The molecule has 4 atom stereocenters. The Kier molecular flexibility index (Phi) is 4.90. The number of aliphatic imine (C=N–C) groups is 1. The number of fused-ring (bicyclic) bond motifs is 2. The number of amides is 2. The van der Waals surface area contributed by atoms with Gasteiger partial charge in [-0.2, -0.15) is 11.3 Å². The first-order valence-corrected chi connectivity index (χ1v) is 12.4. The van der Waals surface area contributed by atoms with Gasteiger partial charge in [-0.05, 0) is 80.6 Å². The van der Waals surface area contributed by atoms with Crippen LogP contribution < -0.4 is 0 Å². The maximum atomic E-state index is 12.9. The minimum absolute atomic E-state index is 0.0678. The molecule has 0 aromatic carbocycles. The number of hydrogen-bond donors (Lipinski definition) is 0. The quantitative estimate of drug-likeness (QED) is 0.704. The van der Waals surface area contributed by atoms with Crippen molar-refractivity contribution in [1.29, 1.82) is 0 Å². The zero-order valence-corrected chi connectivity index (χ0v) is 18.1. The molecule has 1 aromatic rings.